The van der Waals surface area contributed by atoms with E-state index >= 15 is 0 Å². The molecule has 3 rings (SSSR count). The third-order valence-electron chi connectivity index (χ3n) is 5.14. The van der Waals surface area contributed by atoms with Crippen molar-refractivity contribution in [2.24, 2.45) is 5.92 Å². The van der Waals surface area contributed by atoms with Gasteiger partial charge < -0.3 is 10.6 Å². The molecule has 0 radical (unpaired) electrons. The zero-order chi connectivity index (χ0) is 16.2. The number of hydrogen-bond donors (Lipinski definition) is 2. The normalized spacial score (nSPS) is 18.9. The number of benzene rings is 1. The predicted molar refractivity (Wildman–Crippen MR) is 102 cm³/mol. The maximum atomic E-state index is 12.2. The van der Waals surface area contributed by atoms with Crippen molar-refractivity contribution in [2.45, 2.75) is 45.6 Å². The van der Waals surface area contributed by atoms with Crippen molar-refractivity contribution in [3.8, 4) is 0 Å². The van der Waals surface area contributed by atoms with E-state index < -0.39 is 0 Å². The minimum Gasteiger partial charge on any atom is -0.325 e. The van der Waals surface area contributed by atoms with Crippen molar-refractivity contribution in [2.75, 3.05) is 31.5 Å². The molecule has 1 amide bonds. The van der Waals surface area contributed by atoms with Gasteiger partial charge in [0.25, 0.3) is 0 Å². The summed E-state index contributed by atoms with van der Waals surface area (Å²) in [6, 6.07) is 6.73. The molecule has 0 aromatic heterocycles. The van der Waals surface area contributed by atoms with Crippen LogP contribution in [0.25, 0.3) is 0 Å². The van der Waals surface area contributed by atoms with E-state index in [1.54, 1.807) is 0 Å². The number of anilines is 1. The van der Waals surface area contributed by atoms with Gasteiger partial charge in [-0.1, -0.05) is 6.07 Å². The molecular formula is C19H30ClN3O. The first-order valence-electron chi connectivity index (χ1n) is 8.93. The molecule has 1 saturated carbocycles. The molecule has 134 valence electrons. The van der Waals surface area contributed by atoms with Crippen LogP contribution in [0.3, 0.4) is 0 Å². The van der Waals surface area contributed by atoms with Crippen LogP contribution in [0.5, 0.6) is 0 Å². The fourth-order valence-electron chi connectivity index (χ4n) is 3.17. The van der Waals surface area contributed by atoms with Crippen LogP contribution in [0.4, 0.5) is 5.69 Å². The fourth-order valence-corrected chi connectivity index (χ4v) is 3.17. The van der Waals surface area contributed by atoms with E-state index in [4.69, 9.17) is 0 Å². The number of piperidine rings is 1. The summed E-state index contributed by atoms with van der Waals surface area (Å²) in [5.41, 5.74) is 3.37. The predicted octanol–water partition coefficient (Wildman–Crippen LogP) is 3.13. The molecule has 1 aliphatic carbocycles. The number of carbonyl (C=O) groups excluding carboxylic acids is 1. The number of rotatable bonds is 6. The van der Waals surface area contributed by atoms with Crippen molar-refractivity contribution in [3.05, 3.63) is 29.3 Å². The highest BCUT2D eigenvalue weighted by molar-refractivity contribution is 5.92. The Bertz CT molecular complexity index is 552. The summed E-state index contributed by atoms with van der Waals surface area (Å²) in [6.07, 6.45) is 5.13. The van der Waals surface area contributed by atoms with Crippen molar-refractivity contribution in [3.63, 3.8) is 0 Å². The van der Waals surface area contributed by atoms with Crippen LogP contribution < -0.4 is 10.6 Å². The van der Waals surface area contributed by atoms with E-state index in [-0.39, 0.29) is 18.3 Å². The molecule has 1 aliphatic heterocycles. The number of amides is 1. The number of nitrogens with one attached hydrogen (secondary N) is 2. The number of carbonyl (C=O) groups is 1. The number of aryl methyl sites for hydroxylation is 2. The Morgan fingerprint density at radius 3 is 2.46 bits per heavy atom. The van der Waals surface area contributed by atoms with E-state index in [1.165, 1.54) is 30.5 Å². The van der Waals surface area contributed by atoms with Gasteiger partial charge >= 0.3 is 0 Å². The SMILES string of the molecule is Cc1ccc(NC(=O)CN2CCC(NCC3CC3)CC2)cc1C.Cl. The van der Waals surface area contributed by atoms with Crippen molar-refractivity contribution in [1.82, 2.24) is 10.2 Å². The lowest BCUT2D eigenvalue weighted by atomic mass is 10.0. The van der Waals surface area contributed by atoms with Gasteiger partial charge in [0, 0.05) is 24.8 Å². The van der Waals surface area contributed by atoms with Crippen LogP contribution in [0.2, 0.25) is 0 Å². The Kier molecular flexibility index (Phi) is 7.08. The minimum absolute atomic E-state index is 0. The Morgan fingerprint density at radius 1 is 1.12 bits per heavy atom. The number of hydrogen-bond acceptors (Lipinski definition) is 3. The first-order valence-corrected chi connectivity index (χ1v) is 8.93. The summed E-state index contributed by atoms with van der Waals surface area (Å²) in [7, 11) is 0. The van der Waals surface area contributed by atoms with Gasteiger partial charge in [0.05, 0.1) is 6.54 Å². The average Bonchev–Trinajstić information content (AvgIpc) is 3.34. The van der Waals surface area contributed by atoms with E-state index in [9.17, 15) is 4.79 Å². The maximum absolute atomic E-state index is 12.2. The minimum atomic E-state index is 0. The molecular weight excluding hydrogens is 322 g/mol. The summed E-state index contributed by atoms with van der Waals surface area (Å²) >= 11 is 0. The van der Waals surface area contributed by atoms with Crippen molar-refractivity contribution >= 4 is 24.0 Å². The first-order chi connectivity index (χ1) is 11.1. The molecule has 1 heterocycles. The number of nitrogens with zero attached hydrogens (tertiary/aromatic N) is 1. The third kappa shape index (κ3) is 5.76. The standard InChI is InChI=1S/C19H29N3O.ClH/c1-14-3-6-18(11-15(14)2)21-19(23)13-22-9-7-17(8-10-22)20-12-16-4-5-16;/h3,6,11,16-17,20H,4-5,7-10,12-13H2,1-2H3,(H,21,23);1H. The Labute approximate surface area is 151 Å². The van der Waals surface area contributed by atoms with Gasteiger partial charge in [-0.3, -0.25) is 9.69 Å². The van der Waals surface area contributed by atoms with Gasteiger partial charge in [0.1, 0.15) is 0 Å². The maximum Gasteiger partial charge on any atom is 0.238 e. The Hall–Kier alpha value is -1.10. The average molecular weight is 352 g/mol. The largest absolute Gasteiger partial charge is 0.325 e. The summed E-state index contributed by atoms with van der Waals surface area (Å²) in [5.74, 6) is 1.04. The molecule has 5 heteroatoms. The molecule has 2 N–H and O–H groups in total. The number of likely N-dealkylation sites (tertiary alicyclic amines) is 1. The zero-order valence-corrected chi connectivity index (χ0v) is 15.6. The van der Waals surface area contributed by atoms with Crippen LogP contribution >= 0.6 is 12.4 Å². The lowest BCUT2D eigenvalue weighted by Gasteiger charge is -2.32. The Balaban J connectivity index is 0.00000208. The van der Waals surface area contributed by atoms with Crippen LogP contribution in [0.1, 0.15) is 36.8 Å². The van der Waals surface area contributed by atoms with Crippen LogP contribution in [-0.2, 0) is 4.79 Å². The van der Waals surface area contributed by atoms with Gasteiger partial charge in [-0.25, -0.2) is 0 Å². The summed E-state index contributed by atoms with van der Waals surface area (Å²) in [4.78, 5) is 14.5. The second kappa shape index (κ2) is 8.84. The molecule has 0 spiro atoms. The van der Waals surface area contributed by atoms with Crippen LogP contribution in [0.15, 0.2) is 18.2 Å². The summed E-state index contributed by atoms with van der Waals surface area (Å²) < 4.78 is 0. The molecule has 0 unspecified atom stereocenters. The van der Waals surface area contributed by atoms with Crippen molar-refractivity contribution in [1.29, 1.82) is 0 Å². The topological polar surface area (TPSA) is 44.4 Å². The highest BCUT2D eigenvalue weighted by atomic mass is 35.5. The summed E-state index contributed by atoms with van der Waals surface area (Å²) in [5, 5.41) is 6.70. The first kappa shape index (κ1) is 19.2. The lowest BCUT2D eigenvalue weighted by molar-refractivity contribution is -0.117. The molecule has 0 bridgehead atoms. The zero-order valence-electron chi connectivity index (χ0n) is 14.8. The molecule has 2 fully saturated rings. The molecule has 0 atom stereocenters. The van der Waals surface area contributed by atoms with Crippen LogP contribution in [-0.4, -0.2) is 43.0 Å². The number of halogens is 1. The smallest absolute Gasteiger partial charge is 0.238 e. The van der Waals surface area contributed by atoms with E-state index in [0.29, 0.717) is 12.6 Å². The third-order valence-corrected chi connectivity index (χ3v) is 5.14. The van der Waals surface area contributed by atoms with Crippen LogP contribution in [0, 0.1) is 19.8 Å². The summed E-state index contributed by atoms with van der Waals surface area (Å²) in [6.45, 7) is 7.89. The quantitative estimate of drug-likeness (QED) is 0.827. The van der Waals surface area contributed by atoms with E-state index in [1.807, 2.05) is 12.1 Å². The van der Waals surface area contributed by atoms with Crippen molar-refractivity contribution < 1.29 is 4.79 Å². The highest BCUT2D eigenvalue weighted by Gasteiger charge is 2.24. The van der Waals surface area contributed by atoms with Gasteiger partial charge in [-0.05, 0) is 75.3 Å². The molecule has 1 aromatic carbocycles. The van der Waals surface area contributed by atoms with E-state index in [0.717, 1.165) is 37.5 Å². The molecule has 1 aromatic rings. The van der Waals surface area contributed by atoms with Gasteiger partial charge in [-0.2, -0.15) is 0 Å². The second-order valence-electron chi connectivity index (χ2n) is 7.25. The molecule has 4 nitrogen and oxygen atoms in total. The highest BCUT2D eigenvalue weighted by Crippen LogP contribution is 2.28. The Morgan fingerprint density at radius 2 is 1.83 bits per heavy atom. The van der Waals surface area contributed by atoms with Gasteiger partial charge in [0.15, 0.2) is 0 Å². The molecule has 24 heavy (non-hydrogen) atoms. The van der Waals surface area contributed by atoms with Gasteiger partial charge in [-0.15, -0.1) is 12.4 Å². The molecule has 2 aliphatic rings. The fraction of sp³-hybridized carbons (Fsp3) is 0.632. The second-order valence-corrected chi connectivity index (χ2v) is 7.25. The van der Waals surface area contributed by atoms with E-state index in [2.05, 4.69) is 35.4 Å². The van der Waals surface area contributed by atoms with Gasteiger partial charge in [0.2, 0.25) is 5.91 Å². The monoisotopic (exact) mass is 351 g/mol. The molecule has 1 saturated heterocycles. The lowest BCUT2D eigenvalue weighted by Crippen LogP contribution is -2.45.